The zero-order chi connectivity index (χ0) is 15.9. The lowest BCUT2D eigenvalue weighted by molar-refractivity contribution is -0.110. The van der Waals surface area contributed by atoms with E-state index in [0.717, 1.165) is 17.1 Å². The first kappa shape index (κ1) is 14.6. The fraction of sp³-hybridized carbons (Fsp3) is 0. The number of allylic oxidation sites excluding steroid dienone is 4. The van der Waals surface area contributed by atoms with Crippen molar-refractivity contribution in [2.24, 2.45) is 15.3 Å². The largest absolute Gasteiger partial charge is 0.290 e. The van der Waals surface area contributed by atoms with Crippen LogP contribution in [0.1, 0.15) is 0 Å². The van der Waals surface area contributed by atoms with Gasteiger partial charge in [0.1, 0.15) is 0 Å². The molecule has 5 heteroatoms. The summed E-state index contributed by atoms with van der Waals surface area (Å²) in [5.74, 6) is -0.0305. The van der Waals surface area contributed by atoms with E-state index in [1.54, 1.807) is 12.2 Å². The van der Waals surface area contributed by atoms with Crippen molar-refractivity contribution in [1.29, 1.82) is 0 Å². The average Bonchev–Trinajstić information content (AvgIpc) is 2.61. The standard InChI is InChI=1S/C18H14N4O/c23-18-12-10-17(11-13-18)22-21-16-8-6-15(7-9-16)20-19-14-4-2-1-3-5-14/h1-13,21H. The minimum Gasteiger partial charge on any atom is -0.290 e. The Morgan fingerprint density at radius 1 is 0.696 bits per heavy atom. The number of nitrogens with zero attached hydrogens (tertiary/aromatic N) is 3. The highest BCUT2D eigenvalue weighted by atomic mass is 16.1. The molecule has 0 saturated heterocycles. The van der Waals surface area contributed by atoms with E-state index in [1.807, 2.05) is 54.6 Å². The Labute approximate surface area is 133 Å². The molecule has 0 radical (unpaired) electrons. The van der Waals surface area contributed by atoms with Crippen molar-refractivity contribution < 1.29 is 4.79 Å². The quantitative estimate of drug-likeness (QED) is 0.511. The van der Waals surface area contributed by atoms with E-state index in [4.69, 9.17) is 0 Å². The molecule has 0 unspecified atom stereocenters. The average molecular weight is 302 g/mol. The predicted molar refractivity (Wildman–Crippen MR) is 91.4 cm³/mol. The van der Waals surface area contributed by atoms with E-state index >= 15 is 0 Å². The molecule has 0 aromatic heterocycles. The van der Waals surface area contributed by atoms with E-state index in [0.29, 0.717) is 5.71 Å². The fourth-order valence-corrected chi connectivity index (χ4v) is 1.86. The van der Waals surface area contributed by atoms with Crippen LogP contribution in [0.2, 0.25) is 0 Å². The zero-order valence-corrected chi connectivity index (χ0v) is 12.3. The highest BCUT2D eigenvalue weighted by Gasteiger charge is 1.99. The third kappa shape index (κ3) is 4.31. The molecule has 1 aliphatic carbocycles. The summed E-state index contributed by atoms with van der Waals surface area (Å²) in [6, 6.07) is 17.0. The zero-order valence-electron chi connectivity index (χ0n) is 12.3. The van der Waals surface area contributed by atoms with Gasteiger partial charge < -0.3 is 0 Å². The Kier molecular flexibility index (Phi) is 4.49. The third-order valence-electron chi connectivity index (χ3n) is 3.06. The van der Waals surface area contributed by atoms with Gasteiger partial charge in [0.25, 0.3) is 0 Å². The van der Waals surface area contributed by atoms with Crippen LogP contribution in [-0.4, -0.2) is 11.5 Å². The van der Waals surface area contributed by atoms with Crippen molar-refractivity contribution in [2.45, 2.75) is 0 Å². The van der Waals surface area contributed by atoms with Gasteiger partial charge in [-0.05, 0) is 60.7 Å². The molecule has 0 fully saturated rings. The minimum absolute atomic E-state index is 0.0305. The second-order valence-corrected chi connectivity index (χ2v) is 4.80. The molecule has 0 amide bonds. The molecule has 0 heterocycles. The van der Waals surface area contributed by atoms with E-state index < -0.39 is 0 Å². The molecule has 0 saturated carbocycles. The number of ketones is 1. The first-order valence-corrected chi connectivity index (χ1v) is 7.10. The number of carbonyl (C=O) groups excluding carboxylic acids is 1. The molecular weight excluding hydrogens is 288 g/mol. The molecule has 0 aliphatic heterocycles. The van der Waals surface area contributed by atoms with Crippen molar-refractivity contribution in [3.63, 3.8) is 0 Å². The van der Waals surface area contributed by atoms with Gasteiger partial charge in [-0.15, -0.1) is 0 Å². The molecule has 112 valence electrons. The van der Waals surface area contributed by atoms with Crippen LogP contribution in [0.15, 0.2) is 94.2 Å². The summed E-state index contributed by atoms with van der Waals surface area (Å²) >= 11 is 0. The molecular formula is C18H14N4O. The van der Waals surface area contributed by atoms with Crippen LogP contribution in [0.25, 0.3) is 0 Å². The van der Waals surface area contributed by atoms with Gasteiger partial charge in [0.15, 0.2) is 5.78 Å². The van der Waals surface area contributed by atoms with Crippen molar-refractivity contribution in [1.82, 2.24) is 0 Å². The van der Waals surface area contributed by atoms with Crippen LogP contribution in [0.4, 0.5) is 17.1 Å². The Balaban J connectivity index is 1.62. The molecule has 0 bridgehead atoms. The maximum Gasteiger partial charge on any atom is 0.178 e. The number of hydrogen-bond acceptors (Lipinski definition) is 5. The van der Waals surface area contributed by atoms with Crippen LogP contribution in [0.3, 0.4) is 0 Å². The van der Waals surface area contributed by atoms with Crippen LogP contribution >= 0.6 is 0 Å². The Bertz CT molecular complexity index is 785. The SMILES string of the molecule is O=C1C=CC(=NNc2ccc(N=Nc3ccccc3)cc2)C=C1. The summed E-state index contributed by atoms with van der Waals surface area (Å²) in [6.45, 7) is 0. The van der Waals surface area contributed by atoms with E-state index in [-0.39, 0.29) is 5.78 Å². The number of nitrogens with one attached hydrogen (secondary N) is 1. The lowest BCUT2D eigenvalue weighted by Gasteiger charge is -2.03. The van der Waals surface area contributed by atoms with Crippen molar-refractivity contribution in [3.8, 4) is 0 Å². The number of azo groups is 1. The second kappa shape index (κ2) is 7.09. The highest BCUT2D eigenvalue weighted by Crippen LogP contribution is 2.20. The topological polar surface area (TPSA) is 66.2 Å². The molecule has 3 rings (SSSR count). The molecule has 1 N–H and O–H groups in total. The maximum absolute atomic E-state index is 11.0. The number of benzene rings is 2. The maximum atomic E-state index is 11.0. The first-order chi connectivity index (χ1) is 11.3. The monoisotopic (exact) mass is 302 g/mol. The summed E-state index contributed by atoms with van der Waals surface area (Å²) in [5, 5.41) is 12.5. The first-order valence-electron chi connectivity index (χ1n) is 7.10. The summed E-state index contributed by atoms with van der Waals surface area (Å²) in [6.07, 6.45) is 6.29. The highest BCUT2D eigenvalue weighted by molar-refractivity contribution is 6.16. The lowest BCUT2D eigenvalue weighted by atomic mass is 10.2. The summed E-state index contributed by atoms with van der Waals surface area (Å²) in [5.41, 5.74) is 6.02. The molecule has 0 spiro atoms. The van der Waals surface area contributed by atoms with Gasteiger partial charge in [0, 0.05) is 0 Å². The van der Waals surface area contributed by atoms with Gasteiger partial charge in [-0.3, -0.25) is 10.2 Å². The van der Waals surface area contributed by atoms with Gasteiger partial charge in [0.05, 0.1) is 22.8 Å². The minimum atomic E-state index is -0.0305. The van der Waals surface area contributed by atoms with Gasteiger partial charge in [-0.2, -0.15) is 15.3 Å². The predicted octanol–water partition coefficient (Wildman–Crippen LogP) is 4.57. The van der Waals surface area contributed by atoms with Crippen LogP contribution in [0, 0.1) is 0 Å². The molecule has 5 nitrogen and oxygen atoms in total. The van der Waals surface area contributed by atoms with Gasteiger partial charge >= 0.3 is 0 Å². The van der Waals surface area contributed by atoms with Crippen molar-refractivity contribution in [2.75, 3.05) is 5.43 Å². The number of hydrogen-bond donors (Lipinski definition) is 1. The third-order valence-corrected chi connectivity index (χ3v) is 3.06. The Hall–Kier alpha value is -3.34. The second-order valence-electron chi connectivity index (χ2n) is 4.80. The van der Waals surface area contributed by atoms with E-state index in [9.17, 15) is 4.79 Å². The van der Waals surface area contributed by atoms with Gasteiger partial charge in [-0.1, -0.05) is 18.2 Å². The Morgan fingerprint density at radius 2 is 1.30 bits per heavy atom. The molecule has 2 aromatic carbocycles. The lowest BCUT2D eigenvalue weighted by Crippen LogP contribution is -2.02. The van der Waals surface area contributed by atoms with Gasteiger partial charge in [0.2, 0.25) is 0 Å². The fourth-order valence-electron chi connectivity index (χ4n) is 1.86. The summed E-state index contributed by atoms with van der Waals surface area (Å²) in [4.78, 5) is 11.0. The smallest absolute Gasteiger partial charge is 0.178 e. The van der Waals surface area contributed by atoms with Gasteiger partial charge in [-0.25, -0.2) is 0 Å². The Morgan fingerprint density at radius 3 is 1.96 bits per heavy atom. The summed E-state index contributed by atoms with van der Waals surface area (Å²) < 4.78 is 0. The van der Waals surface area contributed by atoms with Crippen LogP contribution in [0.5, 0.6) is 0 Å². The van der Waals surface area contributed by atoms with Crippen molar-refractivity contribution in [3.05, 3.63) is 78.9 Å². The molecule has 0 atom stereocenters. The molecule has 23 heavy (non-hydrogen) atoms. The molecule has 1 aliphatic rings. The molecule has 2 aromatic rings. The van der Waals surface area contributed by atoms with Crippen molar-refractivity contribution >= 4 is 28.6 Å². The van der Waals surface area contributed by atoms with E-state index in [1.165, 1.54) is 12.2 Å². The van der Waals surface area contributed by atoms with Crippen LogP contribution in [-0.2, 0) is 4.79 Å². The normalized spacial score (nSPS) is 13.6. The number of anilines is 1. The summed E-state index contributed by atoms with van der Waals surface area (Å²) in [7, 11) is 0. The van der Waals surface area contributed by atoms with E-state index in [2.05, 4.69) is 20.8 Å². The number of rotatable bonds is 4. The number of carbonyl (C=O) groups is 1. The number of hydrazone groups is 1. The van der Waals surface area contributed by atoms with Crippen LogP contribution < -0.4 is 5.43 Å².